The predicted octanol–water partition coefficient (Wildman–Crippen LogP) is 2.49. The molecule has 0 aromatic rings. The maximum absolute atomic E-state index is 13.1. The minimum absolute atomic E-state index is 0.0268. The van der Waals surface area contributed by atoms with Crippen molar-refractivity contribution in [2.75, 3.05) is 35.3 Å². The number of cyclic esters (lactones) is 1. The number of likely N-dealkylation sites (N-methyl/N-ethyl adjacent to an activating group) is 2. The molecule has 19 atom stereocenters. The van der Waals surface area contributed by atoms with E-state index in [0.717, 1.165) is 6.42 Å². The van der Waals surface area contributed by atoms with Crippen molar-refractivity contribution >= 4 is 12.3 Å². The molecule has 0 amide bonds. The molecule has 60 heavy (non-hydrogen) atoms. The molecule has 0 radical (unpaired) electrons. The Morgan fingerprint density at radius 3 is 2.17 bits per heavy atom. The number of aliphatic hydroxyl groups excluding tert-OH is 3. The number of hydrogen-bond donors (Lipinski definition) is 4. The number of aldehydes is 1. The van der Waals surface area contributed by atoms with Gasteiger partial charge in [-0.05, 0) is 93.6 Å². The van der Waals surface area contributed by atoms with Gasteiger partial charge < -0.3 is 68.1 Å². The van der Waals surface area contributed by atoms with Gasteiger partial charge in [-0.1, -0.05) is 37.8 Å². The van der Waals surface area contributed by atoms with Crippen LogP contribution in [0.1, 0.15) is 80.1 Å². The molecule has 4 heterocycles. The van der Waals surface area contributed by atoms with Gasteiger partial charge in [0.25, 0.3) is 0 Å². The molecular weight excluding hydrogens is 780 g/mol. The first-order valence-electron chi connectivity index (χ1n) is 21.4. The van der Waals surface area contributed by atoms with E-state index in [4.69, 9.17) is 37.9 Å². The standard InChI is InChI=1S/C44H74N2O14/c1-24-20-30(25(2)23-47)40(60-43-38(50)37(46(10)11)39(28(5)57-43)59-36-22-44(7,52)42(51)29(6)56-36)41(53-12)32(48)21-34(49)54-26(3)16-14-13-15-17-33(24)58-35-19-18-31(45(8)9)27(4)55-35/h13-15,17,23-24,26-33,35-43,48,50-52H,2,16,18-22H2,1,3-12H3/b14-13-,17-15-/t24-,26-,27?,28?,29?,30-,31?,32?,33?,35?,36?,37?,38?,39?,40+,41+,42?,43?,44?/m1/s1. The van der Waals surface area contributed by atoms with Crippen LogP contribution >= 0.6 is 0 Å². The van der Waals surface area contributed by atoms with Crippen LogP contribution in [0.15, 0.2) is 36.5 Å². The van der Waals surface area contributed by atoms with Gasteiger partial charge in [0, 0.05) is 31.9 Å². The number of allylic oxidation sites excluding steroid dienone is 2. The number of ether oxygens (including phenoxy) is 8. The molecule has 0 aromatic heterocycles. The number of rotatable bonds is 11. The van der Waals surface area contributed by atoms with Crippen LogP contribution in [-0.2, 0) is 47.5 Å². The van der Waals surface area contributed by atoms with Gasteiger partial charge in [-0.3, -0.25) is 9.59 Å². The predicted molar refractivity (Wildman–Crippen MR) is 221 cm³/mol. The lowest BCUT2D eigenvalue weighted by Crippen LogP contribution is -2.65. The smallest absolute Gasteiger partial charge is 0.308 e. The molecule has 16 nitrogen and oxygen atoms in total. The maximum atomic E-state index is 13.1. The van der Waals surface area contributed by atoms with Crippen molar-refractivity contribution in [3.05, 3.63) is 36.5 Å². The molecule has 344 valence electrons. The summed E-state index contributed by atoms with van der Waals surface area (Å²) in [6.45, 7) is 14.8. The van der Waals surface area contributed by atoms with Crippen LogP contribution in [0.5, 0.6) is 0 Å². The Balaban J connectivity index is 1.70. The van der Waals surface area contributed by atoms with Crippen LogP contribution in [0.25, 0.3) is 0 Å². The summed E-state index contributed by atoms with van der Waals surface area (Å²) in [5.41, 5.74) is -1.34. The summed E-state index contributed by atoms with van der Waals surface area (Å²) in [6.07, 6.45) is -2.54. The van der Waals surface area contributed by atoms with Crippen LogP contribution in [0.2, 0.25) is 0 Å². The number of esters is 1. The molecule has 0 saturated carbocycles. The number of carbonyl (C=O) groups excluding carboxylic acids is 2. The van der Waals surface area contributed by atoms with E-state index in [1.54, 1.807) is 39.8 Å². The summed E-state index contributed by atoms with van der Waals surface area (Å²) in [5.74, 6) is -1.79. The summed E-state index contributed by atoms with van der Waals surface area (Å²) >= 11 is 0. The second-order valence-corrected chi connectivity index (χ2v) is 17.9. The van der Waals surface area contributed by atoms with E-state index in [-0.39, 0.29) is 36.5 Å². The monoisotopic (exact) mass is 855 g/mol. The Bertz CT molecular complexity index is 1440. The van der Waals surface area contributed by atoms with Crippen molar-refractivity contribution < 1.29 is 67.9 Å². The third-order valence-electron chi connectivity index (χ3n) is 12.5. The van der Waals surface area contributed by atoms with E-state index < -0.39 is 110 Å². The number of nitrogens with zero attached hydrogens (tertiary/aromatic N) is 2. The minimum atomic E-state index is -1.48. The molecule has 0 spiro atoms. The SMILES string of the molecule is C=C(C=O)[C@H]1C[C@@H](C)C(OC2CCC(N(C)C)C(C)O2)/C=C\C=C/C[C@@H](C)OC(=O)CC(O)[C@H](OC)[C@H]1OC1OC(C)C(OC2CC(C)(O)C(O)C(C)O2)C(N(C)C)C1O. The van der Waals surface area contributed by atoms with Gasteiger partial charge in [-0.15, -0.1) is 0 Å². The van der Waals surface area contributed by atoms with Gasteiger partial charge in [0.1, 0.15) is 36.8 Å². The summed E-state index contributed by atoms with van der Waals surface area (Å²) in [4.78, 5) is 29.8. The summed E-state index contributed by atoms with van der Waals surface area (Å²) < 4.78 is 50.0. The van der Waals surface area contributed by atoms with Crippen LogP contribution in [0, 0.1) is 11.8 Å². The third-order valence-corrected chi connectivity index (χ3v) is 12.5. The fourth-order valence-corrected chi connectivity index (χ4v) is 9.06. The second kappa shape index (κ2) is 22.5. The lowest BCUT2D eigenvalue weighted by Gasteiger charge is -2.50. The summed E-state index contributed by atoms with van der Waals surface area (Å²) in [7, 11) is 8.97. The number of carbonyl (C=O) groups is 2. The number of hydrogen-bond acceptors (Lipinski definition) is 16. The highest BCUT2D eigenvalue weighted by Crippen LogP contribution is 2.38. The largest absolute Gasteiger partial charge is 0.462 e. The van der Waals surface area contributed by atoms with Gasteiger partial charge in [0.05, 0.1) is 54.7 Å². The Labute approximate surface area is 356 Å². The molecule has 0 aliphatic carbocycles. The van der Waals surface area contributed by atoms with E-state index in [9.17, 15) is 30.0 Å². The molecule has 4 N–H and O–H groups in total. The second-order valence-electron chi connectivity index (χ2n) is 17.9. The van der Waals surface area contributed by atoms with Gasteiger partial charge in [0.15, 0.2) is 18.9 Å². The topological polar surface area (TPSA) is 195 Å². The minimum Gasteiger partial charge on any atom is -0.462 e. The zero-order valence-electron chi connectivity index (χ0n) is 37.5. The molecule has 0 aromatic carbocycles. The van der Waals surface area contributed by atoms with E-state index >= 15 is 0 Å². The molecule has 4 rings (SSSR count). The van der Waals surface area contributed by atoms with Crippen LogP contribution in [0.3, 0.4) is 0 Å². The highest BCUT2D eigenvalue weighted by molar-refractivity contribution is 5.73. The first-order chi connectivity index (χ1) is 28.2. The number of aliphatic hydroxyl groups is 4. The third kappa shape index (κ3) is 13.0. The summed E-state index contributed by atoms with van der Waals surface area (Å²) in [5, 5.41) is 45.2. The van der Waals surface area contributed by atoms with Gasteiger partial charge in [-0.2, -0.15) is 0 Å². The normalized spacial score (nSPS) is 45.2. The molecule has 0 bridgehead atoms. The maximum Gasteiger partial charge on any atom is 0.308 e. The molecule has 3 saturated heterocycles. The zero-order chi connectivity index (χ0) is 44.6. The summed E-state index contributed by atoms with van der Waals surface area (Å²) in [6, 6.07) is -0.510. The Morgan fingerprint density at radius 2 is 1.57 bits per heavy atom. The average molecular weight is 855 g/mol. The van der Waals surface area contributed by atoms with Gasteiger partial charge in [0.2, 0.25) is 0 Å². The fraction of sp³-hybridized carbons (Fsp3) is 0.818. The highest BCUT2D eigenvalue weighted by atomic mass is 16.7. The highest BCUT2D eigenvalue weighted by Gasteiger charge is 2.52. The van der Waals surface area contributed by atoms with Gasteiger partial charge >= 0.3 is 5.97 Å². The van der Waals surface area contributed by atoms with Gasteiger partial charge in [-0.25, -0.2) is 0 Å². The zero-order valence-corrected chi connectivity index (χ0v) is 37.5. The van der Waals surface area contributed by atoms with Crippen molar-refractivity contribution in [2.24, 2.45) is 11.8 Å². The first-order valence-corrected chi connectivity index (χ1v) is 21.4. The van der Waals surface area contributed by atoms with E-state index in [2.05, 4.69) is 11.5 Å². The van der Waals surface area contributed by atoms with Crippen LogP contribution in [0.4, 0.5) is 0 Å². The van der Waals surface area contributed by atoms with Crippen molar-refractivity contribution in [1.82, 2.24) is 9.80 Å². The Kier molecular flexibility index (Phi) is 18.9. The molecule has 4 aliphatic rings. The van der Waals surface area contributed by atoms with E-state index in [1.807, 2.05) is 52.2 Å². The molecule has 4 aliphatic heterocycles. The lowest BCUT2D eigenvalue weighted by molar-refractivity contribution is -0.343. The molecule has 16 heteroatoms. The van der Waals surface area contributed by atoms with Crippen molar-refractivity contribution in [2.45, 2.75) is 184 Å². The van der Waals surface area contributed by atoms with Crippen molar-refractivity contribution in [3.63, 3.8) is 0 Å². The quantitative estimate of drug-likeness (QED) is 0.134. The fourth-order valence-electron chi connectivity index (χ4n) is 9.06. The van der Waals surface area contributed by atoms with Crippen LogP contribution < -0.4 is 0 Å². The average Bonchev–Trinajstić information content (AvgIpc) is 3.15. The Morgan fingerprint density at radius 1 is 0.883 bits per heavy atom. The van der Waals surface area contributed by atoms with Crippen molar-refractivity contribution in [1.29, 1.82) is 0 Å². The van der Waals surface area contributed by atoms with E-state index in [1.165, 1.54) is 14.0 Å². The number of methoxy groups -OCH3 is 1. The molecule has 14 unspecified atom stereocenters. The molecule has 3 fully saturated rings. The Hall–Kier alpha value is -2.16. The van der Waals surface area contributed by atoms with Crippen LogP contribution in [-0.4, -0.2) is 181 Å². The van der Waals surface area contributed by atoms with Crippen molar-refractivity contribution in [3.8, 4) is 0 Å². The molecular formula is C44H74N2O14. The van der Waals surface area contributed by atoms with E-state index in [0.29, 0.717) is 19.1 Å². The lowest BCUT2D eigenvalue weighted by atomic mass is 9.80. The first kappa shape index (κ1) is 50.5.